The van der Waals surface area contributed by atoms with E-state index in [0.29, 0.717) is 6.04 Å². The molecule has 1 saturated carbocycles. The van der Waals surface area contributed by atoms with Crippen molar-refractivity contribution in [3.63, 3.8) is 0 Å². The van der Waals surface area contributed by atoms with Crippen LogP contribution in [0.3, 0.4) is 0 Å². The summed E-state index contributed by atoms with van der Waals surface area (Å²) in [5.74, 6) is 0. The van der Waals surface area contributed by atoms with E-state index in [1.165, 1.54) is 25.0 Å². The second-order valence-corrected chi connectivity index (χ2v) is 5.57. The Kier molecular flexibility index (Phi) is 4.84. The molecular weight excluding hydrogens is 222 g/mol. The van der Waals surface area contributed by atoms with Crippen molar-refractivity contribution in [2.75, 3.05) is 13.6 Å². The largest absolute Gasteiger partial charge is 0.350 e. The van der Waals surface area contributed by atoms with Crippen LogP contribution in [0, 0.1) is 0 Å². The molecule has 1 aromatic rings. The highest BCUT2D eigenvalue weighted by Crippen LogP contribution is 2.26. The molecule has 1 aliphatic carbocycles. The molecule has 0 bridgehead atoms. The van der Waals surface area contributed by atoms with Crippen LogP contribution in [-0.4, -0.2) is 35.1 Å². The molecule has 0 radical (unpaired) electrons. The van der Waals surface area contributed by atoms with Gasteiger partial charge in [0.25, 0.3) is 0 Å². The molecule has 102 valence electrons. The highest BCUT2D eigenvalue weighted by molar-refractivity contribution is 5.06. The van der Waals surface area contributed by atoms with Crippen molar-refractivity contribution in [1.29, 1.82) is 0 Å². The van der Waals surface area contributed by atoms with Gasteiger partial charge < -0.3 is 9.88 Å². The molecular formula is C15H27N3. The fraction of sp³-hybridized carbons (Fsp3) is 0.733. The van der Waals surface area contributed by atoms with Crippen LogP contribution in [0.2, 0.25) is 0 Å². The van der Waals surface area contributed by atoms with Gasteiger partial charge in [0.15, 0.2) is 0 Å². The van der Waals surface area contributed by atoms with Gasteiger partial charge in [-0.1, -0.05) is 6.92 Å². The molecule has 3 heteroatoms. The minimum atomic E-state index is 0.632. The van der Waals surface area contributed by atoms with Gasteiger partial charge >= 0.3 is 0 Å². The smallest absolute Gasteiger partial charge is 0.0359 e. The molecule has 3 nitrogen and oxygen atoms in total. The van der Waals surface area contributed by atoms with Crippen LogP contribution in [0.4, 0.5) is 0 Å². The van der Waals surface area contributed by atoms with E-state index in [9.17, 15) is 0 Å². The van der Waals surface area contributed by atoms with Gasteiger partial charge in [-0.05, 0) is 45.4 Å². The van der Waals surface area contributed by atoms with Crippen molar-refractivity contribution < 1.29 is 0 Å². The normalized spacial score (nSPS) is 17.3. The zero-order chi connectivity index (χ0) is 13.0. The standard InChI is InChI=1S/C15H27N3/c1-4-9-18-10-5-6-15(18)12-16-11-13(2)17(3)14-7-8-14/h5-6,10,13-14,16H,4,7-9,11-12H2,1-3H3. The van der Waals surface area contributed by atoms with Crippen molar-refractivity contribution in [3.8, 4) is 0 Å². The maximum absolute atomic E-state index is 3.59. The fourth-order valence-corrected chi connectivity index (χ4v) is 2.46. The number of rotatable bonds is 8. The molecule has 1 N–H and O–H groups in total. The Bertz CT molecular complexity index is 354. The van der Waals surface area contributed by atoms with Gasteiger partial charge in [0.1, 0.15) is 0 Å². The SMILES string of the molecule is CCCn1cccc1CNCC(C)N(C)C1CC1. The molecule has 1 unspecified atom stereocenters. The van der Waals surface area contributed by atoms with Crippen LogP contribution in [0.1, 0.15) is 38.8 Å². The molecule has 1 aliphatic rings. The summed E-state index contributed by atoms with van der Waals surface area (Å²) in [5, 5.41) is 3.59. The Labute approximate surface area is 111 Å². The van der Waals surface area contributed by atoms with Crippen molar-refractivity contribution in [2.24, 2.45) is 0 Å². The summed E-state index contributed by atoms with van der Waals surface area (Å²) in [4.78, 5) is 2.51. The maximum atomic E-state index is 3.59. The summed E-state index contributed by atoms with van der Waals surface area (Å²) < 4.78 is 2.35. The van der Waals surface area contributed by atoms with E-state index in [1.54, 1.807) is 0 Å². The van der Waals surface area contributed by atoms with Gasteiger partial charge in [-0.25, -0.2) is 0 Å². The van der Waals surface area contributed by atoms with Gasteiger partial charge in [0.2, 0.25) is 0 Å². The highest BCUT2D eigenvalue weighted by Gasteiger charge is 2.28. The first-order valence-corrected chi connectivity index (χ1v) is 7.29. The van der Waals surface area contributed by atoms with Crippen molar-refractivity contribution >= 4 is 0 Å². The molecule has 1 aromatic heterocycles. The predicted octanol–water partition coefficient (Wildman–Crippen LogP) is 2.47. The number of aromatic nitrogens is 1. The van der Waals surface area contributed by atoms with Crippen molar-refractivity contribution in [3.05, 3.63) is 24.0 Å². The van der Waals surface area contributed by atoms with E-state index in [2.05, 4.69) is 54.0 Å². The predicted molar refractivity (Wildman–Crippen MR) is 76.7 cm³/mol. The number of hydrogen-bond donors (Lipinski definition) is 1. The summed E-state index contributed by atoms with van der Waals surface area (Å²) in [6.45, 7) is 7.72. The number of nitrogens with zero attached hydrogens (tertiary/aromatic N) is 2. The average Bonchev–Trinajstić information content (AvgIpc) is 3.12. The first-order valence-electron chi connectivity index (χ1n) is 7.29. The Morgan fingerprint density at radius 1 is 1.50 bits per heavy atom. The van der Waals surface area contributed by atoms with Crippen LogP contribution in [-0.2, 0) is 13.1 Å². The fourth-order valence-electron chi connectivity index (χ4n) is 2.46. The summed E-state index contributed by atoms with van der Waals surface area (Å²) in [6.07, 6.45) is 6.16. The van der Waals surface area contributed by atoms with Gasteiger partial charge in [-0.3, -0.25) is 4.90 Å². The summed E-state index contributed by atoms with van der Waals surface area (Å²) >= 11 is 0. The first-order chi connectivity index (χ1) is 8.72. The van der Waals surface area contributed by atoms with E-state index in [1.807, 2.05) is 0 Å². The lowest BCUT2D eigenvalue weighted by Gasteiger charge is -2.24. The lowest BCUT2D eigenvalue weighted by molar-refractivity contribution is 0.240. The van der Waals surface area contributed by atoms with Crippen molar-refractivity contribution in [1.82, 2.24) is 14.8 Å². The number of hydrogen-bond acceptors (Lipinski definition) is 2. The third-order valence-corrected chi connectivity index (χ3v) is 3.95. The van der Waals surface area contributed by atoms with E-state index in [-0.39, 0.29) is 0 Å². The molecule has 0 aliphatic heterocycles. The Hall–Kier alpha value is -0.800. The van der Waals surface area contributed by atoms with Crippen LogP contribution in [0.25, 0.3) is 0 Å². The summed E-state index contributed by atoms with van der Waals surface area (Å²) in [6, 6.07) is 5.85. The van der Waals surface area contributed by atoms with Crippen LogP contribution >= 0.6 is 0 Å². The van der Waals surface area contributed by atoms with Gasteiger partial charge in [0.05, 0.1) is 0 Å². The zero-order valence-electron chi connectivity index (χ0n) is 12.0. The summed E-state index contributed by atoms with van der Waals surface area (Å²) in [5.41, 5.74) is 1.40. The molecule has 1 heterocycles. The van der Waals surface area contributed by atoms with Crippen LogP contribution in [0.15, 0.2) is 18.3 Å². The quantitative estimate of drug-likeness (QED) is 0.764. The Morgan fingerprint density at radius 2 is 2.28 bits per heavy atom. The average molecular weight is 249 g/mol. The number of nitrogens with one attached hydrogen (secondary N) is 1. The van der Waals surface area contributed by atoms with Crippen molar-refractivity contribution in [2.45, 2.75) is 58.3 Å². The number of aryl methyl sites for hydroxylation is 1. The molecule has 2 rings (SSSR count). The molecule has 0 saturated heterocycles. The zero-order valence-corrected chi connectivity index (χ0v) is 12.0. The van der Waals surface area contributed by atoms with Crippen LogP contribution < -0.4 is 5.32 Å². The van der Waals surface area contributed by atoms with Gasteiger partial charge in [-0.2, -0.15) is 0 Å². The van der Waals surface area contributed by atoms with E-state index in [0.717, 1.165) is 25.7 Å². The minimum Gasteiger partial charge on any atom is -0.350 e. The molecule has 0 amide bonds. The molecule has 1 atom stereocenters. The molecule has 0 spiro atoms. The van der Waals surface area contributed by atoms with Crippen LogP contribution in [0.5, 0.6) is 0 Å². The van der Waals surface area contributed by atoms with E-state index >= 15 is 0 Å². The molecule has 1 fully saturated rings. The Balaban J connectivity index is 1.72. The maximum Gasteiger partial charge on any atom is 0.0359 e. The third kappa shape index (κ3) is 3.59. The lowest BCUT2D eigenvalue weighted by atomic mass is 10.3. The lowest BCUT2D eigenvalue weighted by Crippen LogP contribution is -2.39. The second-order valence-electron chi connectivity index (χ2n) is 5.57. The second kappa shape index (κ2) is 6.39. The topological polar surface area (TPSA) is 20.2 Å². The Morgan fingerprint density at radius 3 is 2.94 bits per heavy atom. The van der Waals surface area contributed by atoms with E-state index in [4.69, 9.17) is 0 Å². The third-order valence-electron chi connectivity index (χ3n) is 3.95. The summed E-state index contributed by atoms with van der Waals surface area (Å²) in [7, 11) is 2.25. The molecule has 0 aromatic carbocycles. The van der Waals surface area contributed by atoms with Gasteiger partial charge in [0, 0.05) is 43.6 Å². The highest BCUT2D eigenvalue weighted by atomic mass is 15.2. The number of likely N-dealkylation sites (N-methyl/N-ethyl adjacent to an activating group) is 1. The molecule has 18 heavy (non-hydrogen) atoms. The first kappa shape index (κ1) is 13.6. The minimum absolute atomic E-state index is 0.632. The van der Waals surface area contributed by atoms with E-state index < -0.39 is 0 Å². The monoisotopic (exact) mass is 249 g/mol. The van der Waals surface area contributed by atoms with Gasteiger partial charge in [-0.15, -0.1) is 0 Å².